The topological polar surface area (TPSA) is 104 Å². The molecule has 0 rings (SSSR count). The van der Waals surface area contributed by atoms with Gasteiger partial charge in [-0.1, -0.05) is 32.9 Å². The molecule has 22 heavy (non-hydrogen) atoms. The predicted molar refractivity (Wildman–Crippen MR) is 84.3 cm³/mol. The number of carboxylic acid groups (broad SMARTS) is 1. The summed E-state index contributed by atoms with van der Waals surface area (Å²) in [5.41, 5.74) is 0.807. The Balaban J connectivity index is 0. The quantitative estimate of drug-likeness (QED) is 0.467. The van der Waals surface area contributed by atoms with Crippen molar-refractivity contribution < 1.29 is 29.6 Å². The van der Waals surface area contributed by atoms with E-state index in [0.29, 0.717) is 11.1 Å². The van der Waals surface area contributed by atoms with Gasteiger partial charge in [-0.3, -0.25) is 0 Å². The number of hydrogen-bond donors (Lipinski definition) is 3. The molecular weight excluding hydrogens is 288 g/mol. The van der Waals surface area contributed by atoms with Crippen LogP contribution in [0.3, 0.4) is 0 Å². The Morgan fingerprint density at radius 3 is 2.23 bits per heavy atom. The summed E-state index contributed by atoms with van der Waals surface area (Å²) in [6.45, 7) is 10.3. The highest BCUT2D eigenvalue weighted by molar-refractivity contribution is 5.88. The lowest BCUT2D eigenvalue weighted by atomic mass is 9.98. The van der Waals surface area contributed by atoms with Gasteiger partial charge in [-0.25, -0.2) is 9.59 Å². The van der Waals surface area contributed by atoms with Crippen LogP contribution in [0, 0.1) is 5.92 Å². The molecule has 6 heteroatoms. The first-order valence-corrected chi connectivity index (χ1v) is 7.22. The molecule has 0 saturated heterocycles. The summed E-state index contributed by atoms with van der Waals surface area (Å²) in [6.07, 6.45) is 2.41. The predicted octanol–water partition coefficient (Wildman–Crippen LogP) is 1.91. The van der Waals surface area contributed by atoms with Gasteiger partial charge in [-0.05, 0) is 26.2 Å². The Morgan fingerprint density at radius 2 is 1.91 bits per heavy atom. The molecule has 0 fully saturated rings. The molecule has 0 bridgehead atoms. The molecule has 6 nitrogen and oxygen atoms in total. The fourth-order valence-electron chi connectivity index (χ4n) is 1.25. The van der Waals surface area contributed by atoms with E-state index in [1.165, 1.54) is 0 Å². The van der Waals surface area contributed by atoms with Crippen molar-refractivity contribution in [1.82, 2.24) is 0 Å². The van der Waals surface area contributed by atoms with Crippen molar-refractivity contribution >= 4 is 11.9 Å². The van der Waals surface area contributed by atoms with Gasteiger partial charge in [0.2, 0.25) is 0 Å². The van der Waals surface area contributed by atoms with E-state index in [1.807, 2.05) is 13.8 Å². The fraction of sp³-hybridized carbons (Fsp3) is 0.625. The number of carbonyl (C=O) groups is 2. The number of allylic oxidation sites excluding steroid dienone is 1. The van der Waals surface area contributed by atoms with E-state index in [0.717, 1.165) is 12.8 Å². The minimum Gasteiger partial charge on any atom is -0.478 e. The minimum absolute atomic E-state index is 0.0915. The second-order valence-electron chi connectivity index (χ2n) is 4.93. The molecule has 0 aromatic rings. The van der Waals surface area contributed by atoms with E-state index in [1.54, 1.807) is 19.9 Å². The van der Waals surface area contributed by atoms with Gasteiger partial charge < -0.3 is 20.1 Å². The summed E-state index contributed by atoms with van der Waals surface area (Å²) in [7, 11) is 0. The van der Waals surface area contributed by atoms with Crippen LogP contribution in [0.25, 0.3) is 0 Å². The van der Waals surface area contributed by atoms with Crippen LogP contribution >= 0.6 is 0 Å². The average molecular weight is 316 g/mol. The summed E-state index contributed by atoms with van der Waals surface area (Å²) in [6, 6.07) is 0. The molecular formula is C16H28O6. The van der Waals surface area contributed by atoms with Crippen LogP contribution in [-0.2, 0) is 14.3 Å². The second kappa shape index (κ2) is 13.0. The van der Waals surface area contributed by atoms with Crippen LogP contribution in [0.2, 0.25) is 0 Å². The molecule has 0 aromatic carbocycles. The number of hydrogen-bond acceptors (Lipinski definition) is 5. The average Bonchev–Trinajstić information content (AvgIpc) is 2.51. The first-order valence-electron chi connectivity index (χ1n) is 7.22. The lowest BCUT2D eigenvalue weighted by molar-refractivity contribution is -0.143. The van der Waals surface area contributed by atoms with Crippen molar-refractivity contribution in [1.29, 1.82) is 0 Å². The maximum absolute atomic E-state index is 11.4. The number of carboxylic acids is 1. The van der Waals surface area contributed by atoms with Crippen LogP contribution in [0.5, 0.6) is 0 Å². The van der Waals surface area contributed by atoms with Crippen LogP contribution < -0.4 is 0 Å². The molecule has 0 aromatic heterocycles. The Bertz CT molecular complexity index is 386. The molecule has 0 aliphatic heterocycles. The van der Waals surface area contributed by atoms with Gasteiger partial charge in [0.05, 0.1) is 6.61 Å². The van der Waals surface area contributed by atoms with E-state index in [4.69, 9.17) is 20.1 Å². The lowest BCUT2D eigenvalue weighted by Crippen LogP contribution is -2.23. The monoisotopic (exact) mass is 316 g/mol. The normalized spacial score (nSPS) is 13.5. The maximum atomic E-state index is 11.4. The highest BCUT2D eigenvalue weighted by Gasteiger charge is 2.16. The third kappa shape index (κ3) is 11.0. The molecule has 0 aliphatic rings. The van der Waals surface area contributed by atoms with Crippen molar-refractivity contribution in [2.45, 2.75) is 46.6 Å². The number of ether oxygens (including phenoxy) is 1. The Kier molecular flexibility index (Phi) is 13.4. The molecule has 2 atom stereocenters. The number of aliphatic hydroxyl groups excluding tert-OH is 2. The van der Waals surface area contributed by atoms with Gasteiger partial charge >= 0.3 is 11.9 Å². The van der Waals surface area contributed by atoms with E-state index in [-0.39, 0.29) is 12.5 Å². The first kappa shape index (κ1) is 22.6. The highest BCUT2D eigenvalue weighted by atomic mass is 16.5. The summed E-state index contributed by atoms with van der Waals surface area (Å²) < 4.78 is 4.78. The number of aliphatic hydroxyl groups is 2. The smallest absolute Gasteiger partial charge is 0.333 e. The fourth-order valence-corrected chi connectivity index (χ4v) is 1.25. The number of carbonyl (C=O) groups excluding carboxylic acids is 1. The molecule has 0 aliphatic carbocycles. The van der Waals surface area contributed by atoms with Crippen molar-refractivity contribution in [2.75, 3.05) is 13.2 Å². The van der Waals surface area contributed by atoms with Crippen molar-refractivity contribution in [3.8, 4) is 0 Å². The molecule has 0 saturated carbocycles. The van der Waals surface area contributed by atoms with Crippen LogP contribution in [0.15, 0.2) is 23.8 Å². The zero-order chi connectivity index (χ0) is 17.7. The maximum Gasteiger partial charge on any atom is 0.333 e. The summed E-state index contributed by atoms with van der Waals surface area (Å²) in [5, 5.41) is 25.6. The van der Waals surface area contributed by atoms with E-state index in [2.05, 4.69) is 6.58 Å². The molecule has 3 N–H and O–H groups in total. The molecule has 0 spiro atoms. The van der Waals surface area contributed by atoms with Gasteiger partial charge in [0, 0.05) is 11.1 Å². The Hall–Kier alpha value is -1.66. The van der Waals surface area contributed by atoms with Crippen LogP contribution in [0.4, 0.5) is 0 Å². The second-order valence-corrected chi connectivity index (χ2v) is 4.93. The van der Waals surface area contributed by atoms with E-state index >= 15 is 0 Å². The van der Waals surface area contributed by atoms with Crippen LogP contribution in [0.1, 0.15) is 40.5 Å². The SMILES string of the molecule is C=C(C(=O)OCC(O)CO)C(C)CCC.CC=C(C)C(=O)O. The summed E-state index contributed by atoms with van der Waals surface area (Å²) in [5.74, 6) is -1.25. The summed E-state index contributed by atoms with van der Waals surface area (Å²) >= 11 is 0. The van der Waals surface area contributed by atoms with Crippen molar-refractivity contribution in [3.63, 3.8) is 0 Å². The molecule has 0 amide bonds. The largest absolute Gasteiger partial charge is 0.478 e. The van der Waals surface area contributed by atoms with Crippen molar-refractivity contribution in [2.24, 2.45) is 5.92 Å². The Labute approximate surface area is 132 Å². The summed E-state index contributed by atoms with van der Waals surface area (Å²) in [4.78, 5) is 21.2. The van der Waals surface area contributed by atoms with Gasteiger partial charge in [0.25, 0.3) is 0 Å². The molecule has 0 heterocycles. The van der Waals surface area contributed by atoms with Gasteiger partial charge in [0.1, 0.15) is 12.7 Å². The third-order valence-corrected chi connectivity index (χ3v) is 2.97. The number of esters is 1. The van der Waals surface area contributed by atoms with Crippen LogP contribution in [-0.4, -0.2) is 46.6 Å². The van der Waals surface area contributed by atoms with Gasteiger partial charge in [-0.2, -0.15) is 0 Å². The zero-order valence-electron chi connectivity index (χ0n) is 13.8. The molecule has 0 radical (unpaired) electrons. The van der Waals surface area contributed by atoms with Gasteiger partial charge in [0.15, 0.2) is 0 Å². The lowest BCUT2D eigenvalue weighted by Gasteiger charge is -2.14. The zero-order valence-corrected chi connectivity index (χ0v) is 13.8. The standard InChI is InChI=1S/C11H20O4.C5H8O2/c1-4-5-8(2)9(3)11(14)15-7-10(13)6-12;1-3-4(2)5(6)7/h8,10,12-13H,3-7H2,1-2H3;3H,1-2H3,(H,6,7). The van der Waals surface area contributed by atoms with E-state index < -0.39 is 24.6 Å². The van der Waals surface area contributed by atoms with E-state index in [9.17, 15) is 9.59 Å². The molecule has 2 unspecified atom stereocenters. The number of aliphatic carboxylic acids is 1. The minimum atomic E-state index is -1.01. The first-order chi connectivity index (χ1) is 10.2. The highest BCUT2D eigenvalue weighted by Crippen LogP contribution is 2.15. The molecule has 128 valence electrons. The Morgan fingerprint density at radius 1 is 1.36 bits per heavy atom. The number of rotatable bonds is 8. The van der Waals surface area contributed by atoms with Gasteiger partial charge in [-0.15, -0.1) is 0 Å². The third-order valence-electron chi connectivity index (χ3n) is 2.97. The van der Waals surface area contributed by atoms with Crippen molar-refractivity contribution in [3.05, 3.63) is 23.8 Å².